The molecule has 0 N–H and O–H groups in total. The van der Waals surface area contributed by atoms with Gasteiger partial charge in [0, 0.05) is 44.0 Å². The summed E-state index contributed by atoms with van der Waals surface area (Å²) in [5.74, 6) is 0.645. The Balaban J connectivity index is 1.60. The highest BCUT2D eigenvalue weighted by atomic mass is 16.2. The van der Waals surface area contributed by atoms with Crippen LogP contribution in [0.4, 0.5) is 5.95 Å². The highest BCUT2D eigenvalue weighted by molar-refractivity contribution is 6.05. The summed E-state index contributed by atoms with van der Waals surface area (Å²) in [6.07, 6.45) is 5.42. The number of nitrogens with zero attached hydrogens (tertiary/aromatic N) is 5. The first-order valence-electron chi connectivity index (χ1n) is 10.9. The number of hydrogen-bond donors (Lipinski definition) is 0. The molecule has 2 aromatic carbocycles. The van der Waals surface area contributed by atoms with Crippen LogP contribution in [-0.4, -0.2) is 46.4 Å². The van der Waals surface area contributed by atoms with Crippen molar-refractivity contribution in [3.63, 3.8) is 0 Å². The summed E-state index contributed by atoms with van der Waals surface area (Å²) in [5, 5.41) is 0.969. The smallest absolute Gasteiger partial charge is 0.256 e. The van der Waals surface area contributed by atoms with E-state index in [1.54, 1.807) is 6.20 Å². The van der Waals surface area contributed by atoms with Crippen LogP contribution in [0.15, 0.2) is 73.1 Å². The van der Waals surface area contributed by atoms with Crippen molar-refractivity contribution in [3.8, 4) is 11.1 Å². The van der Waals surface area contributed by atoms with Gasteiger partial charge in [-0.3, -0.25) is 9.78 Å². The first kappa shape index (κ1) is 20.1. The Hall–Kier alpha value is -3.80. The number of rotatable bonds is 4. The van der Waals surface area contributed by atoms with E-state index < -0.39 is 0 Å². The first-order valence-corrected chi connectivity index (χ1v) is 10.9. The van der Waals surface area contributed by atoms with Crippen LogP contribution in [0.2, 0.25) is 0 Å². The van der Waals surface area contributed by atoms with Crippen LogP contribution in [0.25, 0.3) is 22.0 Å². The number of fused-ring (bicyclic) bond motifs is 1. The Kier molecular flexibility index (Phi) is 5.27. The molecular weight excluding hydrogens is 398 g/mol. The molecule has 1 atom stereocenters. The molecule has 0 radical (unpaired) electrons. The van der Waals surface area contributed by atoms with Gasteiger partial charge in [0.25, 0.3) is 5.91 Å². The maximum atomic E-state index is 13.7. The number of carbonyl (C=O) groups is 1. The second-order valence-corrected chi connectivity index (χ2v) is 8.27. The summed E-state index contributed by atoms with van der Waals surface area (Å²) < 4.78 is 0. The molecule has 0 saturated carbocycles. The normalized spacial score (nSPS) is 15.8. The van der Waals surface area contributed by atoms with Crippen molar-refractivity contribution >= 4 is 22.8 Å². The monoisotopic (exact) mass is 423 g/mol. The summed E-state index contributed by atoms with van der Waals surface area (Å²) in [6.45, 7) is 0.697. The van der Waals surface area contributed by atoms with Crippen LogP contribution >= 0.6 is 0 Å². The second-order valence-electron chi connectivity index (χ2n) is 8.27. The van der Waals surface area contributed by atoms with E-state index in [0.717, 1.165) is 40.6 Å². The lowest BCUT2D eigenvalue weighted by Gasteiger charge is -2.27. The van der Waals surface area contributed by atoms with Gasteiger partial charge in [0.1, 0.15) is 0 Å². The fraction of sp³-hybridized carbons (Fsp3) is 0.231. The van der Waals surface area contributed by atoms with Crippen molar-refractivity contribution in [1.29, 1.82) is 0 Å². The number of aromatic nitrogens is 3. The Morgan fingerprint density at radius 3 is 2.62 bits per heavy atom. The van der Waals surface area contributed by atoms with Gasteiger partial charge in [-0.1, -0.05) is 48.5 Å². The molecule has 1 fully saturated rings. The third kappa shape index (κ3) is 3.58. The minimum atomic E-state index is -0.113. The largest absolute Gasteiger partial charge is 0.347 e. The summed E-state index contributed by atoms with van der Waals surface area (Å²) in [6, 6.07) is 19.7. The first-order chi connectivity index (χ1) is 15.6. The summed E-state index contributed by atoms with van der Waals surface area (Å²) in [7, 11) is 3.86. The van der Waals surface area contributed by atoms with E-state index in [0.29, 0.717) is 18.1 Å². The Labute approximate surface area is 187 Å². The lowest BCUT2D eigenvalue weighted by molar-refractivity contribution is 0.0735. The molecule has 1 aliphatic heterocycles. The van der Waals surface area contributed by atoms with Gasteiger partial charge in [0.2, 0.25) is 5.95 Å². The summed E-state index contributed by atoms with van der Waals surface area (Å²) in [4.78, 5) is 31.6. The molecule has 1 aliphatic rings. The zero-order valence-corrected chi connectivity index (χ0v) is 18.3. The Morgan fingerprint density at radius 2 is 1.81 bits per heavy atom. The Bertz CT molecular complexity index is 1270. The highest BCUT2D eigenvalue weighted by Crippen LogP contribution is 2.38. The third-order valence-electron chi connectivity index (χ3n) is 5.98. The van der Waals surface area contributed by atoms with Crippen molar-refractivity contribution in [2.24, 2.45) is 0 Å². The van der Waals surface area contributed by atoms with Crippen LogP contribution in [-0.2, 0) is 0 Å². The Morgan fingerprint density at radius 1 is 1.00 bits per heavy atom. The van der Waals surface area contributed by atoms with Crippen molar-refractivity contribution in [2.45, 2.75) is 18.9 Å². The summed E-state index contributed by atoms with van der Waals surface area (Å²) in [5.41, 5.74) is 4.30. The molecule has 0 aliphatic carbocycles. The standard InChI is InChI=1S/C26H25N5O/c1-30(2)26-28-17-21(18-9-4-3-5-10-18)24(29-26)22-14-8-16-31(22)25(32)20-13-6-11-19-12-7-15-27-23(19)20/h3-7,9-13,15,17,22H,8,14,16H2,1-2H3/t22-/m1/s1. The van der Waals surface area contributed by atoms with Crippen LogP contribution in [0.5, 0.6) is 0 Å². The van der Waals surface area contributed by atoms with Crippen molar-refractivity contribution in [2.75, 3.05) is 25.5 Å². The molecular formula is C26H25N5O. The quantitative estimate of drug-likeness (QED) is 0.475. The molecule has 32 heavy (non-hydrogen) atoms. The molecule has 6 nitrogen and oxygen atoms in total. The fourth-order valence-corrected chi connectivity index (χ4v) is 4.42. The number of benzene rings is 2. The molecule has 6 heteroatoms. The maximum Gasteiger partial charge on any atom is 0.256 e. The molecule has 3 heterocycles. The molecule has 1 saturated heterocycles. The molecule has 1 amide bonds. The molecule has 4 aromatic rings. The second kappa shape index (κ2) is 8.38. The van der Waals surface area contributed by atoms with E-state index in [9.17, 15) is 4.79 Å². The maximum absolute atomic E-state index is 13.7. The average Bonchev–Trinajstić information content (AvgIpc) is 3.33. The van der Waals surface area contributed by atoms with Gasteiger partial charge in [-0.05, 0) is 30.5 Å². The minimum Gasteiger partial charge on any atom is -0.347 e. The van der Waals surface area contributed by atoms with Crippen molar-refractivity contribution < 1.29 is 4.79 Å². The van der Waals surface area contributed by atoms with Gasteiger partial charge in [-0.2, -0.15) is 0 Å². The molecule has 0 spiro atoms. The molecule has 160 valence electrons. The number of anilines is 1. The molecule has 0 bridgehead atoms. The van der Waals surface area contributed by atoms with Crippen LogP contribution in [0.1, 0.15) is 34.9 Å². The van der Waals surface area contributed by atoms with E-state index in [1.165, 1.54) is 0 Å². The van der Waals surface area contributed by atoms with E-state index in [1.807, 2.05) is 78.6 Å². The fourth-order valence-electron chi connectivity index (χ4n) is 4.42. The lowest BCUT2D eigenvalue weighted by atomic mass is 9.99. The van der Waals surface area contributed by atoms with Crippen LogP contribution in [0.3, 0.4) is 0 Å². The van der Waals surface area contributed by atoms with Gasteiger partial charge < -0.3 is 9.80 Å². The molecule has 0 unspecified atom stereocenters. The number of pyridine rings is 1. The average molecular weight is 424 g/mol. The molecule has 5 rings (SSSR count). The van der Waals surface area contributed by atoms with E-state index in [-0.39, 0.29) is 11.9 Å². The van der Waals surface area contributed by atoms with E-state index >= 15 is 0 Å². The third-order valence-corrected chi connectivity index (χ3v) is 5.98. The van der Waals surface area contributed by atoms with Gasteiger partial charge in [0.05, 0.1) is 22.8 Å². The van der Waals surface area contributed by atoms with E-state index in [2.05, 4.69) is 22.1 Å². The van der Waals surface area contributed by atoms with Crippen molar-refractivity contribution in [3.05, 3.63) is 84.3 Å². The van der Waals surface area contributed by atoms with Gasteiger partial charge in [-0.25, -0.2) is 9.97 Å². The van der Waals surface area contributed by atoms with Crippen LogP contribution in [0, 0.1) is 0 Å². The predicted octanol–water partition coefficient (Wildman–Crippen LogP) is 4.74. The zero-order chi connectivity index (χ0) is 22.1. The predicted molar refractivity (Wildman–Crippen MR) is 127 cm³/mol. The summed E-state index contributed by atoms with van der Waals surface area (Å²) >= 11 is 0. The van der Waals surface area contributed by atoms with Gasteiger partial charge >= 0.3 is 0 Å². The van der Waals surface area contributed by atoms with E-state index in [4.69, 9.17) is 4.98 Å². The number of likely N-dealkylation sites (tertiary alicyclic amines) is 1. The SMILES string of the molecule is CN(C)c1ncc(-c2ccccc2)c([C@H]2CCCN2C(=O)c2cccc3cccnc23)n1. The van der Waals surface area contributed by atoms with Crippen molar-refractivity contribution in [1.82, 2.24) is 19.9 Å². The number of amides is 1. The molecule has 2 aromatic heterocycles. The topological polar surface area (TPSA) is 62.2 Å². The zero-order valence-electron chi connectivity index (χ0n) is 18.3. The minimum absolute atomic E-state index is 0.000766. The highest BCUT2D eigenvalue weighted by Gasteiger charge is 2.34. The number of carbonyl (C=O) groups excluding carboxylic acids is 1. The van der Waals surface area contributed by atoms with Crippen LogP contribution < -0.4 is 4.90 Å². The van der Waals surface area contributed by atoms with Gasteiger partial charge in [0.15, 0.2) is 0 Å². The van der Waals surface area contributed by atoms with Gasteiger partial charge in [-0.15, -0.1) is 0 Å². The number of hydrogen-bond acceptors (Lipinski definition) is 5. The lowest BCUT2D eigenvalue weighted by Crippen LogP contribution is -2.32. The number of para-hydroxylation sites is 1.